The summed E-state index contributed by atoms with van der Waals surface area (Å²) in [7, 11) is 0. The van der Waals surface area contributed by atoms with E-state index < -0.39 is 10.8 Å². The molecule has 1 aromatic carbocycles. The molecule has 2 atom stereocenters. The van der Waals surface area contributed by atoms with Crippen molar-refractivity contribution in [3.63, 3.8) is 0 Å². The van der Waals surface area contributed by atoms with Crippen LogP contribution in [0.25, 0.3) is 0 Å². The molecule has 2 amide bonds. The van der Waals surface area contributed by atoms with E-state index in [9.17, 15) is 14.7 Å². The van der Waals surface area contributed by atoms with Crippen LogP contribution in [0.2, 0.25) is 0 Å². The molecular weight excluding hydrogens is 304 g/mol. The summed E-state index contributed by atoms with van der Waals surface area (Å²) in [5.41, 5.74) is -0.0638. The normalized spacial score (nSPS) is 25.2. The molecule has 24 heavy (non-hydrogen) atoms. The minimum Gasteiger partial charge on any atom is -0.508 e. The van der Waals surface area contributed by atoms with Crippen molar-refractivity contribution < 1.29 is 14.7 Å². The van der Waals surface area contributed by atoms with Crippen LogP contribution in [0.3, 0.4) is 0 Å². The molecule has 1 aliphatic carbocycles. The third kappa shape index (κ3) is 3.25. The van der Waals surface area contributed by atoms with Gasteiger partial charge in [0.1, 0.15) is 5.75 Å². The van der Waals surface area contributed by atoms with Crippen molar-refractivity contribution in [2.24, 2.45) is 16.7 Å². The molecular formula is C19H28N2O3. The van der Waals surface area contributed by atoms with Crippen LogP contribution in [0.1, 0.15) is 46.1 Å². The fourth-order valence-electron chi connectivity index (χ4n) is 3.65. The first-order valence-corrected chi connectivity index (χ1v) is 8.56. The Morgan fingerprint density at radius 1 is 1.17 bits per heavy atom. The number of rotatable bonds is 5. The number of hydrogen-bond acceptors (Lipinski definition) is 3. The fraction of sp³-hybridized carbons (Fsp3) is 0.579. The maximum absolute atomic E-state index is 12.9. The molecule has 3 N–H and O–H groups in total. The summed E-state index contributed by atoms with van der Waals surface area (Å²) >= 11 is 0. The van der Waals surface area contributed by atoms with Crippen molar-refractivity contribution in [2.45, 2.75) is 47.1 Å². The number of hydrogen-bond donors (Lipinski definition) is 3. The van der Waals surface area contributed by atoms with Gasteiger partial charge in [0.05, 0.1) is 5.41 Å². The SMILES string of the molecule is CCNC(=O)[C@@H]1CC[C@](C)(C(=O)NCc2ccc(O)cc2)C1(C)C. The van der Waals surface area contributed by atoms with Gasteiger partial charge in [-0.25, -0.2) is 0 Å². The van der Waals surface area contributed by atoms with E-state index in [4.69, 9.17) is 0 Å². The van der Waals surface area contributed by atoms with Crippen molar-refractivity contribution in [2.75, 3.05) is 6.54 Å². The van der Waals surface area contributed by atoms with Crippen molar-refractivity contribution in [3.05, 3.63) is 29.8 Å². The smallest absolute Gasteiger partial charge is 0.226 e. The zero-order valence-corrected chi connectivity index (χ0v) is 15.0. The Morgan fingerprint density at radius 2 is 1.79 bits per heavy atom. The van der Waals surface area contributed by atoms with E-state index in [1.165, 1.54) is 0 Å². The molecule has 0 bridgehead atoms. The summed E-state index contributed by atoms with van der Waals surface area (Å²) in [6.45, 7) is 8.91. The lowest BCUT2D eigenvalue weighted by molar-refractivity contribution is -0.139. The second-order valence-electron chi connectivity index (χ2n) is 7.39. The average Bonchev–Trinajstić information content (AvgIpc) is 2.78. The number of carbonyl (C=O) groups is 2. The van der Waals surface area contributed by atoms with E-state index in [1.54, 1.807) is 24.3 Å². The molecule has 0 aromatic heterocycles. The summed E-state index contributed by atoms with van der Waals surface area (Å²) in [5.74, 6) is 0.0746. The first-order valence-electron chi connectivity index (χ1n) is 8.56. The van der Waals surface area contributed by atoms with Crippen LogP contribution in [-0.4, -0.2) is 23.5 Å². The van der Waals surface area contributed by atoms with Gasteiger partial charge in [0.15, 0.2) is 0 Å². The average molecular weight is 332 g/mol. The van der Waals surface area contributed by atoms with Gasteiger partial charge in [0, 0.05) is 19.0 Å². The van der Waals surface area contributed by atoms with Crippen LogP contribution in [-0.2, 0) is 16.1 Å². The third-order valence-corrected chi connectivity index (χ3v) is 5.78. The van der Waals surface area contributed by atoms with Gasteiger partial charge < -0.3 is 15.7 Å². The Morgan fingerprint density at radius 3 is 2.38 bits per heavy atom. The molecule has 132 valence electrons. The zero-order valence-electron chi connectivity index (χ0n) is 15.0. The van der Waals surface area contributed by atoms with Crippen molar-refractivity contribution in [3.8, 4) is 5.75 Å². The number of nitrogens with one attached hydrogen (secondary N) is 2. The van der Waals surface area contributed by atoms with Gasteiger partial charge in [-0.1, -0.05) is 32.9 Å². The van der Waals surface area contributed by atoms with Crippen LogP contribution in [0.4, 0.5) is 0 Å². The van der Waals surface area contributed by atoms with E-state index in [0.717, 1.165) is 12.0 Å². The highest BCUT2D eigenvalue weighted by atomic mass is 16.3. The van der Waals surface area contributed by atoms with E-state index in [1.807, 2.05) is 27.7 Å². The summed E-state index contributed by atoms with van der Waals surface area (Å²) in [6.07, 6.45) is 1.42. The van der Waals surface area contributed by atoms with Crippen molar-refractivity contribution in [1.82, 2.24) is 10.6 Å². The lowest BCUT2D eigenvalue weighted by Crippen LogP contribution is -2.49. The van der Waals surface area contributed by atoms with Crippen LogP contribution in [0.5, 0.6) is 5.75 Å². The molecule has 0 unspecified atom stereocenters. The second kappa shape index (κ2) is 6.83. The fourth-order valence-corrected chi connectivity index (χ4v) is 3.65. The highest BCUT2D eigenvalue weighted by molar-refractivity contribution is 5.87. The minimum absolute atomic E-state index is 0.0210. The summed E-state index contributed by atoms with van der Waals surface area (Å²) in [5, 5.41) is 15.2. The van der Waals surface area contributed by atoms with Crippen LogP contribution < -0.4 is 10.6 Å². The molecule has 5 heteroatoms. The maximum atomic E-state index is 12.9. The number of phenolic OH excluding ortho intramolecular Hbond substituents is 1. The predicted molar refractivity (Wildman–Crippen MR) is 93.2 cm³/mol. The standard InChI is InChI=1S/C19H28N2O3/c1-5-20-16(23)15-10-11-19(4,18(15,2)3)17(24)21-12-13-6-8-14(22)9-7-13/h6-9,15,22H,5,10-12H2,1-4H3,(H,20,23)(H,21,24)/t15-,19+/m0/s1. The summed E-state index contributed by atoms with van der Waals surface area (Å²) in [6, 6.07) is 6.78. The van der Waals surface area contributed by atoms with E-state index >= 15 is 0 Å². The second-order valence-corrected chi connectivity index (χ2v) is 7.39. The van der Waals surface area contributed by atoms with Gasteiger partial charge in [-0.15, -0.1) is 0 Å². The van der Waals surface area contributed by atoms with Crippen LogP contribution >= 0.6 is 0 Å². The van der Waals surface area contributed by atoms with Crippen LogP contribution in [0, 0.1) is 16.7 Å². The minimum atomic E-state index is -0.584. The van der Waals surface area contributed by atoms with E-state index in [-0.39, 0.29) is 23.5 Å². The first-order chi connectivity index (χ1) is 11.2. The molecule has 0 radical (unpaired) electrons. The molecule has 0 spiro atoms. The number of phenols is 1. The van der Waals surface area contributed by atoms with Crippen LogP contribution in [0.15, 0.2) is 24.3 Å². The van der Waals surface area contributed by atoms with Gasteiger partial charge in [-0.05, 0) is 42.9 Å². The number of benzene rings is 1. The van der Waals surface area contributed by atoms with E-state index in [2.05, 4.69) is 10.6 Å². The molecule has 1 fully saturated rings. The molecule has 1 saturated carbocycles. The lowest BCUT2D eigenvalue weighted by atomic mass is 9.65. The summed E-state index contributed by atoms with van der Waals surface area (Å²) in [4.78, 5) is 25.2. The number of carbonyl (C=O) groups excluding carboxylic acids is 2. The Labute approximate surface area is 143 Å². The Bertz CT molecular complexity index is 610. The van der Waals surface area contributed by atoms with Gasteiger partial charge >= 0.3 is 0 Å². The third-order valence-electron chi connectivity index (χ3n) is 5.78. The zero-order chi connectivity index (χ0) is 18.0. The quantitative estimate of drug-likeness (QED) is 0.775. The first kappa shape index (κ1) is 18.3. The largest absolute Gasteiger partial charge is 0.508 e. The van der Waals surface area contributed by atoms with Gasteiger partial charge in [-0.3, -0.25) is 9.59 Å². The van der Waals surface area contributed by atoms with Crippen molar-refractivity contribution >= 4 is 11.8 Å². The van der Waals surface area contributed by atoms with E-state index in [0.29, 0.717) is 19.5 Å². The number of amides is 2. The molecule has 0 heterocycles. The summed E-state index contributed by atoms with van der Waals surface area (Å²) < 4.78 is 0. The topological polar surface area (TPSA) is 78.4 Å². The predicted octanol–water partition coefficient (Wildman–Crippen LogP) is 2.59. The number of aromatic hydroxyl groups is 1. The Kier molecular flexibility index (Phi) is 5.21. The molecule has 0 saturated heterocycles. The van der Waals surface area contributed by atoms with Gasteiger partial charge in [-0.2, -0.15) is 0 Å². The highest BCUT2D eigenvalue weighted by Crippen LogP contribution is 2.56. The molecule has 0 aliphatic heterocycles. The molecule has 2 rings (SSSR count). The maximum Gasteiger partial charge on any atom is 0.226 e. The molecule has 1 aliphatic rings. The molecule has 1 aromatic rings. The van der Waals surface area contributed by atoms with Gasteiger partial charge in [0.25, 0.3) is 0 Å². The van der Waals surface area contributed by atoms with Crippen molar-refractivity contribution in [1.29, 1.82) is 0 Å². The highest BCUT2D eigenvalue weighted by Gasteiger charge is 2.57. The molecule has 5 nitrogen and oxygen atoms in total. The van der Waals surface area contributed by atoms with Gasteiger partial charge in [0.2, 0.25) is 11.8 Å². The lowest BCUT2D eigenvalue weighted by Gasteiger charge is -2.39. The monoisotopic (exact) mass is 332 g/mol. The Hall–Kier alpha value is -2.04. The Balaban J connectivity index is 2.07.